The molecule has 0 N–H and O–H groups in total. The molecule has 1 amide bonds. The van der Waals surface area contributed by atoms with Crippen LogP contribution in [0.5, 0.6) is 0 Å². The van der Waals surface area contributed by atoms with Crippen molar-refractivity contribution in [3.63, 3.8) is 0 Å². The second-order valence-corrected chi connectivity index (χ2v) is 6.70. The SMILES string of the molecule is CN(C(=O)Cn1ncc2ncc(-c3ccc(F)c(C(F)F)c3)cc21)C1CC1. The van der Waals surface area contributed by atoms with Crippen LogP contribution in [0.1, 0.15) is 24.8 Å². The molecule has 0 spiro atoms. The summed E-state index contributed by atoms with van der Waals surface area (Å²) in [5, 5.41) is 4.22. The Balaban J connectivity index is 1.67. The van der Waals surface area contributed by atoms with Crippen molar-refractivity contribution in [2.45, 2.75) is 31.9 Å². The van der Waals surface area contributed by atoms with Crippen molar-refractivity contribution in [3.05, 3.63) is 48.0 Å². The fourth-order valence-corrected chi connectivity index (χ4v) is 3.04. The highest BCUT2D eigenvalue weighted by molar-refractivity contribution is 5.83. The molecule has 0 unspecified atom stereocenters. The first-order valence-electron chi connectivity index (χ1n) is 8.59. The molecular weight excluding hydrogens is 357 g/mol. The van der Waals surface area contributed by atoms with E-state index in [9.17, 15) is 18.0 Å². The first kappa shape index (κ1) is 17.5. The molecule has 140 valence electrons. The number of hydrogen-bond donors (Lipinski definition) is 0. The third-order valence-electron chi connectivity index (χ3n) is 4.83. The molecule has 1 aliphatic carbocycles. The van der Waals surface area contributed by atoms with Crippen LogP contribution in [-0.2, 0) is 11.3 Å². The van der Waals surface area contributed by atoms with E-state index in [0.717, 1.165) is 25.0 Å². The minimum Gasteiger partial charge on any atom is -0.341 e. The van der Waals surface area contributed by atoms with Crippen LogP contribution < -0.4 is 0 Å². The van der Waals surface area contributed by atoms with Crippen molar-refractivity contribution in [2.75, 3.05) is 7.05 Å². The monoisotopic (exact) mass is 374 g/mol. The first-order valence-corrected chi connectivity index (χ1v) is 8.59. The molecule has 0 aliphatic heterocycles. The number of amides is 1. The Kier molecular flexibility index (Phi) is 4.33. The number of rotatable bonds is 5. The molecule has 4 rings (SSSR count). The Hall–Kier alpha value is -2.90. The minimum atomic E-state index is -2.90. The highest BCUT2D eigenvalue weighted by Crippen LogP contribution is 2.29. The van der Waals surface area contributed by atoms with Gasteiger partial charge in [-0.2, -0.15) is 5.10 Å². The Morgan fingerprint density at radius 1 is 1.26 bits per heavy atom. The van der Waals surface area contributed by atoms with Gasteiger partial charge in [-0.1, -0.05) is 6.07 Å². The average Bonchev–Trinajstić information content (AvgIpc) is 3.43. The summed E-state index contributed by atoms with van der Waals surface area (Å²) in [4.78, 5) is 18.4. The van der Waals surface area contributed by atoms with Gasteiger partial charge in [-0.05, 0) is 36.6 Å². The summed E-state index contributed by atoms with van der Waals surface area (Å²) >= 11 is 0. The third-order valence-corrected chi connectivity index (χ3v) is 4.83. The highest BCUT2D eigenvalue weighted by atomic mass is 19.3. The van der Waals surface area contributed by atoms with Crippen LogP contribution in [0.2, 0.25) is 0 Å². The Morgan fingerprint density at radius 3 is 2.74 bits per heavy atom. The van der Waals surface area contributed by atoms with E-state index in [1.807, 2.05) is 0 Å². The van der Waals surface area contributed by atoms with Gasteiger partial charge in [0.05, 0.1) is 17.3 Å². The predicted molar refractivity (Wildman–Crippen MR) is 93.7 cm³/mol. The smallest absolute Gasteiger partial charge is 0.266 e. The number of alkyl halides is 2. The maximum absolute atomic E-state index is 13.5. The van der Waals surface area contributed by atoms with Crippen molar-refractivity contribution in [1.82, 2.24) is 19.7 Å². The average molecular weight is 374 g/mol. The lowest BCUT2D eigenvalue weighted by Crippen LogP contribution is -2.32. The number of fused-ring (bicyclic) bond motifs is 1. The molecule has 0 radical (unpaired) electrons. The molecule has 1 aliphatic rings. The standard InChI is InChI=1S/C19H17F3N4O/c1-25(13-3-4-13)18(27)10-26-17-7-12(8-23-16(17)9-24-26)11-2-5-15(20)14(6-11)19(21)22/h2,5-9,13,19H,3-4,10H2,1H3. The number of hydrogen-bond acceptors (Lipinski definition) is 3. The summed E-state index contributed by atoms with van der Waals surface area (Å²) in [6.45, 7) is 0.0767. The van der Waals surface area contributed by atoms with E-state index in [1.165, 1.54) is 12.3 Å². The maximum atomic E-state index is 13.5. The Labute approximate surface area is 153 Å². The Morgan fingerprint density at radius 2 is 2.04 bits per heavy atom. The molecule has 5 nitrogen and oxygen atoms in total. The van der Waals surface area contributed by atoms with Crippen LogP contribution in [-0.4, -0.2) is 38.7 Å². The van der Waals surface area contributed by atoms with Crippen molar-refractivity contribution in [2.24, 2.45) is 0 Å². The zero-order valence-electron chi connectivity index (χ0n) is 14.6. The van der Waals surface area contributed by atoms with Crippen LogP contribution in [0, 0.1) is 5.82 Å². The second kappa shape index (κ2) is 6.68. The zero-order valence-corrected chi connectivity index (χ0v) is 14.6. The first-order chi connectivity index (χ1) is 12.9. The van der Waals surface area contributed by atoms with Crippen LogP contribution in [0.3, 0.4) is 0 Å². The number of pyridine rings is 1. The van der Waals surface area contributed by atoms with Gasteiger partial charge in [-0.3, -0.25) is 14.5 Å². The van der Waals surface area contributed by atoms with Gasteiger partial charge in [0.1, 0.15) is 17.9 Å². The van der Waals surface area contributed by atoms with E-state index >= 15 is 0 Å². The summed E-state index contributed by atoms with van der Waals surface area (Å²) in [5.74, 6) is -0.990. The molecule has 0 atom stereocenters. The number of carbonyl (C=O) groups excluding carboxylic acids is 1. The van der Waals surface area contributed by atoms with Crippen LogP contribution >= 0.6 is 0 Å². The van der Waals surface area contributed by atoms with Gasteiger partial charge in [-0.15, -0.1) is 0 Å². The fourth-order valence-electron chi connectivity index (χ4n) is 3.04. The molecule has 8 heteroatoms. The van der Waals surface area contributed by atoms with Gasteiger partial charge >= 0.3 is 0 Å². The van der Waals surface area contributed by atoms with E-state index in [4.69, 9.17) is 0 Å². The van der Waals surface area contributed by atoms with E-state index in [2.05, 4.69) is 10.1 Å². The summed E-state index contributed by atoms with van der Waals surface area (Å²) in [6, 6.07) is 5.60. The van der Waals surface area contributed by atoms with Gasteiger partial charge in [-0.25, -0.2) is 13.2 Å². The third kappa shape index (κ3) is 3.39. The lowest BCUT2D eigenvalue weighted by molar-refractivity contribution is -0.131. The normalized spacial score (nSPS) is 14.1. The number of aromatic nitrogens is 3. The Bertz CT molecular complexity index is 1010. The van der Waals surface area contributed by atoms with Gasteiger partial charge < -0.3 is 4.90 Å². The molecule has 0 saturated heterocycles. The van der Waals surface area contributed by atoms with E-state index in [-0.39, 0.29) is 12.5 Å². The number of halogens is 3. The molecule has 3 aromatic rings. The molecule has 2 heterocycles. The lowest BCUT2D eigenvalue weighted by atomic mass is 10.0. The van der Waals surface area contributed by atoms with Crippen LogP contribution in [0.15, 0.2) is 36.7 Å². The number of likely N-dealkylation sites (N-methyl/N-ethyl adjacent to an activating group) is 1. The van der Waals surface area contributed by atoms with Crippen LogP contribution in [0.4, 0.5) is 13.2 Å². The van der Waals surface area contributed by atoms with Crippen LogP contribution in [0.25, 0.3) is 22.2 Å². The van der Waals surface area contributed by atoms with E-state index in [0.29, 0.717) is 28.2 Å². The topological polar surface area (TPSA) is 51.0 Å². The van der Waals surface area contributed by atoms with E-state index in [1.54, 1.807) is 28.9 Å². The molecule has 0 bridgehead atoms. The highest BCUT2D eigenvalue weighted by Gasteiger charge is 2.29. The molecule has 1 saturated carbocycles. The number of carbonyl (C=O) groups is 1. The number of nitrogens with zero attached hydrogens (tertiary/aromatic N) is 4. The summed E-state index contributed by atoms with van der Waals surface area (Å²) in [5.41, 5.74) is 1.54. The van der Waals surface area contributed by atoms with E-state index < -0.39 is 17.8 Å². The lowest BCUT2D eigenvalue weighted by Gasteiger charge is -2.16. The van der Waals surface area contributed by atoms with Crippen molar-refractivity contribution in [1.29, 1.82) is 0 Å². The largest absolute Gasteiger partial charge is 0.341 e. The van der Waals surface area contributed by atoms with Gasteiger partial charge in [0.2, 0.25) is 5.91 Å². The molecular formula is C19H17F3N4O. The minimum absolute atomic E-state index is 0.0466. The molecule has 1 aromatic carbocycles. The van der Waals surface area contributed by atoms with Crippen molar-refractivity contribution in [3.8, 4) is 11.1 Å². The second-order valence-electron chi connectivity index (χ2n) is 6.70. The summed E-state index contributed by atoms with van der Waals surface area (Å²) in [6.07, 6.45) is 2.21. The predicted octanol–water partition coefficient (Wildman–Crippen LogP) is 3.80. The van der Waals surface area contributed by atoms with Crippen molar-refractivity contribution >= 4 is 16.9 Å². The van der Waals surface area contributed by atoms with Gasteiger partial charge in [0.25, 0.3) is 6.43 Å². The molecule has 1 fully saturated rings. The molecule has 27 heavy (non-hydrogen) atoms. The molecule has 2 aromatic heterocycles. The van der Waals surface area contributed by atoms with Gasteiger partial charge in [0.15, 0.2) is 0 Å². The quantitative estimate of drug-likeness (QED) is 0.683. The van der Waals surface area contributed by atoms with Crippen molar-refractivity contribution < 1.29 is 18.0 Å². The zero-order chi connectivity index (χ0) is 19.1. The summed E-state index contributed by atoms with van der Waals surface area (Å²) < 4.78 is 41.0. The maximum Gasteiger partial charge on any atom is 0.266 e. The fraction of sp³-hybridized carbons (Fsp3) is 0.316. The summed E-state index contributed by atoms with van der Waals surface area (Å²) in [7, 11) is 1.78. The van der Waals surface area contributed by atoms with Gasteiger partial charge in [0, 0.05) is 24.8 Å². The number of benzene rings is 1.